The van der Waals surface area contributed by atoms with Gasteiger partial charge in [0.15, 0.2) is 0 Å². The molecule has 0 saturated carbocycles. The molecule has 13 heavy (non-hydrogen) atoms. The minimum absolute atomic E-state index is 0.197. The molecule has 2 nitrogen and oxygen atoms in total. The van der Waals surface area contributed by atoms with Crippen LogP contribution < -0.4 is 0 Å². The van der Waals surface area contributed by atoms with Crippen LogP contribution in [0.4, 0.5) is 0 Å². The minimum atomic E-state index is 0.197. The van der Waals surface area contributed by atoms with Gasteiger partial charge >= 0.3 is 0 Å². The van der Waals surface area contributed by atoms with Gasteiger partial charge in [0.05, 0.1) is 18.1 Å². The van der Waals surface area contributed by atoms with Crippen molar-refractivity contribution in [2.75, 3.05) is 0 Å². The van der Waals surface area contributed by atoms with Crippen molar-refractivity contribution >= 4 is 27.5 Å². The smallest absolute Gasteiger partial charge is 0.144 e. The third-order valence-electron chi connectivity index (χ3n) is 1.20. The van der Waals surface area contributed by atoms with Crippen molar-refractivity contribution in [1.29, 1.82) is 5.26 Å². The fraction of sp³-hybridized carbons (Fsp3) is 0.111. The SMILES string of the molecule is N#CCC#Cc1cc(Br)cnc1Cl. The molecule has 0 aliphatic heterocycles. The average molecular weight is 256 g/mol. The summed E-state index contributed by atoms with van der Waals surface area (Å²) in [7, 11) is 0. The van der Waals surface area contributed by atoms with Crippen molar-refractivity contribution in [3.63, 3.8) is 0 Å². The normalized spacial score (nSPS) is 8.38. The molecular formula is C9H4BrClN2. The first kappa shape index (κ1) is 10.1. The molecule has 0 amide bonds. The van der Waals surface area contributed by atoms with Crippen LogP contribution in [0.25, 0.3) is 0 Å². The molecule has 0 fully saturated rings. The van der Waals surface area contributed by atoms with Gasteiger partial charge < -0.3 is 0 Å². The first-order valence-corrected chi connectivity index (χ1v) is 4.58. The molecule has 0 unspecified atom stereocenters. The molecule has 0 aromatic carbocycles. The van der Waals surface area contributed by atoms with Crippen LogP contribution in [-0.2, 0) is 0 Å². The van der Waals surface area contributed by atoms with Crippen LogP contribution in [-0.4, -0.2) is 4.98 Å². The molecule has 1 heterocycles. The highest BCUT2D eigenvalue weighted by atomic mass is 79.9. The van der Waals surface area contributed by atoms with Crippen molar-refractivity contribution < 1.29 is 0 Å². The maximum absolute atomic E-state index is 8.26. The predicted octanol–water partition coefficient (Wildman–Crippen LogP) is 2.76. The predicted molar refractivity (Wildman–Crippen MR) is 54.1 cm³/mol. The van der Waals surface area contributed by atoms with Gasteiger partial charge in [0, 0.05) is 10.7 Å². The Morgan fingerprint density at radius 1 is 1.62 bits per heavy atom. The highest BCUT2D eigenvalue weighted by Crippen LogP contribution is 2.16. The number of hydrogen-bond acceptors (Lipinski definition) is 2. The Morgan fingerprint density at radius 2 is 2.38 bits per heavy atom. The van der Waals surface area contributed by atoms with E-state index in [0.29, 0.717) is 10.7 Å². The summed E-state index contributed by atoms with van der Waals surface area (Å²) in [5, 5.41) is 8.61. The van der Waals surface area contributed by atoms with Gasteiger partial charge in [-0.05, 0) is 22.0 Å². The lowest BCUT2D eigenvalue weighted by atomic mass is 10.3. The van der Waals surface area contributed by atoms with Gasteiger partial charge in [0.2, 0.25) is 0 Å². The summed E-state index contributed by atoms with van der Waals surface area (Å²) in [5.74, 6) is 5.42. The van der Waals surface area contributed by atoms with Crippen molar-refractivity contribution in [1.82, 2.24) is 4.98 Å². The number of hydrogen-bond donors (Lipinski definition) is 0. The number of halogens is 2. The Hall–Kier alpha value is -1.03. The van der Waals surface area contributed by atoms with E-state index in [1.807, 2.05) is 6.07 Å². The third kappa shape index (κ3) is 3.06. The number of nitriles is 1. The maximum atomic E-state index is 8.26. The zero-order valence-corrected chi connectivity index (χ0v) is 8.85. The number of pyridine rings is 1. The van der Waals surface area contributed by atoms with E-state index in [9.17, 15) is 0 Å². The molecule has 0 atom stereocenters. The van der Waals surface area contributed by atoms with Gasteiger partial charge in [-0.1, -0.05) is 23.4 Å². The molecule has 0 radical (unpaired) electrons. The van der Waals surface area contributed by atoms with Gasteiger partial charge in [-0.25, -0.2) is 4.98 Å². The fourth-order valence-corrected chi connectivity index (χ4v) is 1.17. The van der Waals surface area contributed by atoms with E-state index in [1.165, 1.54) is 0 Å². The number of aromatic nitrogens is 1. The lowest BCUT2D eigenvalue weighted by Gasteiger charge is -1.94. The first-order chi connectivity index (χ1) is 6.24. The average Bonchev–Trinajstić information content (AvgIpc) is 2.11. The lowest BCUT2D eigenvalue weighted by Crippen LogP contribution is -1.81. The molecule has 1 rings (SSSR count). The third-order valence-corrected chi connectivity index (χ3v) is 1.93. The van der Waals surface area contributed by atoms with Gasteiger partial charge in [-0.3, -0.25) is 0 Å². The number of rotatable bonds is 0. The van der Waals surface area contributed by atoms with Crippen LogP contribution in [0, 0.1) is 23.2 Å². The summed E-state index contributed by atoms with van der Waals surface area (Å²) in [6.07, 6.45) is 1.79. The molecule has 1 aromatic rings. The molecule has 0 bridgehead atoms. The van der Waals surface area contributed by atoms with Crippen LogP contribution in [0.3, 0.4) is 0 Å². The molecule has 0 spiro atoms. The fourth-order valence-electron chi connectivity index (χ4n) is 0.689. The number of nitrogens with zero attached hydrogens (tertiary/aromatic N) is 2. The lowest BCUT2D eigenvalue weighted by molar-refractivity contribution is 1.29. The Kier molecular flexibility index (Phi) is 3.76. The quantitative estimate of drug-likeness (QED) is 0.528. The molecule has 4 heteroatoms. The van der Waals surface area contributed by atoms with E-state index >= 15 is 0 Å². The van der Waals surface area contributed by atoms with Crippen LogP contribution in [0.2, 0.25) is 5.15 Å². The Morgan fingerprint density at radius 3 is 3.08 bits per heavy atom. The summed E-state index contributed by atoms with van der Waals surface area (Å²) in [6, 6.07) is 3.69. The summed E-state index contributed by atoms with van der Waals surface area (Å²) >= 11 is 9.01. The summed E-state index contributed by atoms with van der Waals surface area (Å²) in [4.78, 5) is 3.89. The molecule has 0 N–H and O–H groups in total. The summed E-state index contributed by atoms with van der Waals surface area (Å²) < 4.78 is 0.818. The van der Waals surface area contributed by atoms with Gasteiger partial charge in [0.25, 0.3) is 0 Å². The second-order valence-electron chi connectivity index (χ2n) is 2.13. The topological polar surface area (TPSA) is 36.7 Å². The molecule has 1 aromatic heterocycles. The molecule has 64 valence electrons. The first-order valence-electron chi connectivity index (χ1n) is 3.41. The van der Waals surface area contributed by atoms with Gasteiger partial charge in [-0.15, -0.1) is 0 Å². The van der Waals surface area contributed by atoms with E-state index in [2.05, 4.69) is 32.8 Å². The van der Waals surface area contributed by atoms with Crippen LogP contribution >= 0.6 is 27.5 Å². The van der Waals surface area contributed by atoms with E-state index in [0.717, 1.165) is 4.47 Å². The Balaban J connectivity index is 2.97. The van der Waals surface area contributed by atoms with E-state index < -0.39 is 0 Å². The highest BCUT2D eigenvalue weighted by molar-refractivity contribution is 9.10. The second kappa shape index (κ2) is 4.87. The van der Waals surface area contributed by atoms with Crippen LogP contribution in [0.1, 0.15) is 12.0 Å². The molecule has 0 saturated heterocycles. The van der Waals surface area contributed by atoms with Crippen molar-refractivity contribution in [3.8, 4) is 17.9 Å². The van der Waals surface area contributed by atoms with Crippen LogP contribution in [0.5, 0.6) is 0 Å². The van der Waals surface area contributed by atoms with Crippen molar-refractivity contribution in [3.05, 3.63) is 27.5 Å². The summed E-state index contributed by atoms with van der Waals surface area (Å²) in [6.45, 7) is 0. The van der Waals surface area contributed by atoms with E-state index in [4.69, 9.17) is 16.9 Å². The molecular weight excluding hydrogens is 251 g/mol. The summed E-state index contributed by atoms with van der Waals surface area (Å²) in [5.41, 5.74) is 0.631. The highest BCUT2D eigenvalue weighted by Gasteiger charge is 1.97. The van der Waals surface area contributed by atoms with Gasteiger partial charge in [-0.2, -0.15) is 5.26 Å². The standard InChI is InChI=1S/C9H4BrClN2/c10-8-5-7(3-1-2-4-12)9(11)13-6-8/h5-6H,2H2. The van der Waals surface area contributed by atoms with Crippen molar-refractivity contribution in [2.24, 2.45) is 0 Å². The Labute approximate surface area is 89.7 Å². The largest absolute Gasteiger partial charge is 0.242 e. The van der Waals surface area contributed by atoms with E-state index in [-0.39, 0.29) is 6.42 Å². The zero-order chi connectivity index (χ0) is 9.68. The minimum Gasteiger partial charge on any atom is -0.242 e. The second-order valence-corrected chi connectivity index (χ2v) is 3.40. The Bertz CT molecular complexity index is 412. The van der Waals surface area contributed by atoms with E-state index in [1.54, 1.807) is 12.3 Å². The monoisotopic (exact) mass is 254 g/mol. The maximum Gasteiger partial charge on any atom is 0.144 e. The van der Waals surface area contributed by atoms with Gasteiger partial charge in [0.1, 0.15) is 5.15 Å². The van der Waals surface area contributed by atoms with Crippen LogP contribution in [0.15, 0.2) is 16.7 Å². The molecule has 0 aliphatic carbocycles. The van der Waals surface area contributed by atoms with Crippen molar-refractivity contribution in [2.45, 2.75) is 6.42 Å². The molecule has 0 aliphatic rings. The zero-order valence-electron chi connectivity index (χ0n) is 6.51.